The van der Waals surface area contributed by atoms with Gasteiger partial charge in [-0.25, -0.2) is 0 Å². The molecule has 1 fully saturated rings. The molecule has 0 radical (unpaired) electrons. The number of anilines is 1. The Bertz CT molecular complexity index is 709. The third-order valence-corrected chi connectivity index (χ3v) is 5.24. The van der Waals surface area contributed by atoms with Crippen molar-refractivity contribution in [3.8, 4) is 0 Å². The molecule has 1 aromatic heterocycles. The highest BCUT2D eigenvalue weighted by atomic mass is 16.1. The number of hydrogen-bond acceptors (Lipinski definition) is 4. The zero-order valence-corrected chi connectivity index (χ0v) is 16.3. The molecule has 5 nitrogen and oxygen atoms in total. The molecule has 0 spiro atoms. The second-order valence-corrected chi connectivity index (χ2v) is 7.55. The van der Waals surface area contributed by atoms with E-state index in [2.05, 4.69) is 34.4 Å². The smallest absolute Gasteiger partial charge is 0.251 e. The second kappa shape index (κ2) is 9.51. The molecule has 1 aliphatic rings. The Kier molecular flexibility index (Phi) is 6.82. The number of nitrogens with zero attached hydrogens (tertiary/aromatic N) is 2. The summed E-state index contributed by atoms with van der Waals surface area (Å²) in [5.41, 5.74) is 2.88. The summed E-state index contributed by atoms with van der Waals surface area (Å²) in [4.78, 5) is 19.1. The molecule has 2 heterocycles. The van der Waals surface area contributed by atoms with Crippen molar-refractivity contribution in [1.29, 1.82) is 0 Å². The Morgan fingerprint density at radius 3 is 2.37 bits per heavy atom. The fourth-order valence-electron chi connectivity index (χ4n) is 3.60. The molecule has 1 atom stereocenters. The van der Waals surface area contributed by atoms with E-state index in [1.165, 1.54) is 18.4 Å². The van der Waals surface area contributed by atoms with Crippen LogP contribution in [0.25, 0.3) is 0 Å². The molecule has 1 aliphatic heterocycles. The summed E-state index contributed by atoms with van der Waals surface area (Å²) in [6.07, 6.45) is 6.12. The lowest BCUT2D eigenvalue weighted by molar-refractivity contribution is 0.0927. The maximum Gasteiger partial charge on any atom is 0.251 e. The molecule has 5 heteroatoms. The predicted molar refractivity (Wildman–Crippen MR) is 110 cm³/mol. The summed E-state index contributed by atoms with van der Waals surface area (Å²) in [6, 6.07) is 12.1. The van der Waals surface area contributed by atoms with E-state index in [4.69, 9.17) is 0 Å². The minimum atomic E-state index is 0.000491. The molecule has 27 heavy (non-hydrogen) atoms. The van der Waals surface area contributed by atoms with Gasteiger partial charge in [-0.1, -0.05) is 13.8 Å². The lowest BCUT2D eigenvalue weighted by atomic mass is 10.0. The van der Waals surface area contributed by atoms with Crippen molar-refractivity contribution in [3.05, 3.63) is 59.9 Å². The van der Waals surface area contributed by atoms with E-state index < -0.39 is 0 Å². The fourth-order valence-corrected chi connectivity index (χ4v) is 3.60. The van der Waals surface area contributed by atoms with E-state index in [1.807, 2.05) is 36.4 Å². The van der Waals surface area contributed by atoms with Gasteiger partial charge in [0, 0.05) is 42.8 Å². The molecule has 0 saturated carbocycles. The molecule has 144 valence electrons. The van der Waals surface area contributed by atoms with Crippen molar-refractivity contribution < 1.29 is 4.79 Å². The average Bonchev–Trinajstić information content (AvgIpc) is 3.22. The molecule has 2 N–H and O–H groups in total. The monoisotopic (exact) mass is 366 g/mol. The van der Waals surface area contributed by atoms with Crippen molar-refractivity contribution in [2.75, 3.05) is 25.0 Å². The van der Waals surface area contributed by atoms with E-state index in [9.17, 15) is 4.79 Å². The fraction of sp³-hybridized carbons (Fsp3) is 0.455. The maximum atomic E-state index is 12.5. The number of pyridine rings is 1. The highest BCUT2D eigenvalue weighted by Gasteiger charge is 2.24. The number of benzene rings is 1. The van der Waals surface area contributed by atoms with Gasteiger partial charge in [0.2, 0.25) is 0 Å². The Morgan fingerprint density at radius 2 is 1.74 bits per heavy atom. The van der Waals surface area contributed by atoms with Crippen LogP contribution in [-0.4, -0.2) is 41.5 Å². The van der Waals surface area contributed by atoms with Crippen LogP contribution in [0.2, 0.25) is 0 Å². The summed E-state index contributed by atoms with van der Waals surface area (Å²) in [6.45, 7) is 8.21. The van der Waals surface area contributed by atoms with Crippen LogP contribution >= 0.6 is 0 Å². The molecule has 3 rings (SSSR count). The van der Waals surface area contributed by atoms with Crippen LogP contribution in [0.4, 0.5) is 5.69 Å². The van der Waals surface area contributed by atoms with Crippen LogP contribution in [0.15, 0.2) is 48.8 Å². The van der Waals surface area contributed by atoms with E-state index in [0.29, 0.717) is 24.1 Å². The lowest BCUT2D eigenvalue weighted by Gasteiger charge is -2.31. The molecule has 1 aromatic carbocycles. The van der Waals surface area contributed by atoms with E-state index in [0.717, 1.165) is 25.3 Å². The molecular formula is C22H30N4O. The summed E-state index contributed by atoms with van der Waals surface area (Å²) in [5, 5.41) is 6.49. The standard InChI is InChI=1S/C22H30N4O/c1-17(2)21(26-13-3-4-14-26)16-25-22(27)19-5-7-20(8-6-19)24-15-18-9-11-23-12-10-18/h5-12,17,21,24H,3-4,13-16H2,1-2H3,(H,25,27). The van der Waals surface area contributed by atoms with Gasteiger partial charge in [0.05, 0.1) is 0 Å². The van der Waals surface area contributed by atoms with Gasteiger partial charge in [-0.05, 0) is 73.8 Å². The number of carbonyl (C=O) groups is 1. The van der Waals surface area contributed by atoms with Gasteiger partial charge in [-0.2, -0.15) is 0 Å². The predicted octanol–water partition coefficient (Wildman–Crippen LogP) is 3.54. The maximum absolute atomic E-state index is 12.5. The van der Waals surface area contributed by atoms with E-state index in [1.54, 1.807) is 12.4 Å². The largest absolute Gasteiger partial charge is 0.381 e. The Labute approximate surface area is 162 Å². The summed E-state index contributed by atoms with van der Waals surface area (Å²) >= 11 is 0. The molecule has 0 aliphatic carbocycles. The van der Waals surface area contributed by atoms with Crippen LogP contribution in [0.3, 0.4) is 0 Å². The zero-order valence-electron chi connectivity index (χ0n) is 16.3. The molecule has 1 unspecified atom stereocenters. The normalized spacial score (nSPS) is 15.7. The van der Waals surface area contributed by atoms with Gasteiger partial charge in [-0.15, -0.1) is 0 Å². The minimum absolute atomic E-state index is 0.000491. The van der Waals surface area contributed by atoms with Gasteiger partial charge in [-0.3, -0.25) is 14.7 Å². The van der Waals surface area contributed by atoms with Crippen LogP contribution < -0.4 is 10.6 Å². The van der Waals surface area contributed by atoms with Crippen LogP contribution in [0.1, 0.15) is 42.6 Å². The molecule has 1 amide bonds. The first kappa shape index (κ1) is 19.4. The average molecular weight is 367 g/mol. The van der Waals surface area contributed by atoms with Gasteiger partial charge < -0.3 is 10.6 Å². The van der Waals surface area contributed by atoms with Gasteiger partial charge in [0.25, 0.3) is 5.91 Å². The topological polar surface area (TPSA) is 57.3 Å². The number of rotatable bonds is 8. The number of nitrogens with one attached hydrogen (secondary N) is 2. The summed E-state index contributed by atoms with van der Waals surface area (Å²) in [7, 11) is 0. The lowest BCUT2D eigenvalue weighted by Crippen LogP contribution is -2.45. The van der Waals surface area contributed by atoms with E-state index >= 15 is 0 Å². The van der Waals surface area contributed by atoms with Crippen LogP contribution in [0, 0.1) is 5.92 Å². The van der Waals surface area contributed by atoms with Crippen molar-refractivity contribution >= 4 is 11.6 Å². The van der Waals surface area contributed by atoms with E-state index in [-0.39, 0.29) is 5.91 Å². The highest BCUT2D eigenvalue weighted by Crippen LogP contribution is 2.17. The van der Waals surface area contributed by atoms with Crippen molar-refractivity contribution in [3.63, 3.8) is 0 Å². The summed E-state index contributed by atoms with van der Waals surface area (Å²) < 4.78 is 0. The Hall–Kier alpha value is -2.40. The quantitative estimate of drug-likeness (QED) is 0.750. The minimum Gasteiger partial charge on any atom is -0.381 e. The second-order valence-electron chi connectivity index (χ2n) is 7.55. The van der Waals surface area contributed by atoms with Crippen LogP contribution in [-0.2, 0) is 6.54 Å². The molecule has 1 saturated heterocycles. The Morgan fingerprint density at radius 1 is 1.07 bits per heavy atom. The number of hydrogen-bond donors (Lipinski definition) is 2. The molecule has 0 bridgehead atoms. The van der Waals surface area contributed by atoms with Gasteiger partial charge in [0.15, 0.2) is 0 Å². The number of likely N-dealkylation sites (tertiary alicyclic amines) is 1. The summed E-state index contributed by atoms with van der Waals surface area (Å²) in [5.74, 6) is 0.531. The highest BCUT2D eigenvalue weighted by molar-refractivity contribution is 5.94. The van der Waals surface area contributed by atoms with Gasteiger partial charge in [0.1, 0.15) is 0 Å². The first-order valence-electron chi connectivity index (χ1n) is 9.88. The van der Waals surface area contributed by atoms with Crippen LogP contribution in [0.5, 0.6) is 0 Å². The zero-order chi connectivity index (χ0) is 19.1. The molecule has 2 aromatic rings. The first-order valence-corrected chi connectivity index (χ1v) is 9.88. The first-order chi connectivity index (χ1) is 13.1. The van der Waals surface area contributed by atoms with Crippen molar-refractivity contribution in [2.24, 2.45) is 5.92 Å². The third kappa shape index (κ3) is 5.54. The van der Waals surface area contributed by atoms with Crippen molar-refractivity contribution in [1.82, 2.24) is 15.2 Å². The number of carbonyl (C=O) groups excluding carboxylic acids is 1. The van der Waals surface area contributed by atoms with Gasteiger partial charge >= 0.3 is 0 Å². The molecular weight excluding hydrogens is 336 g/mol. The SMILES string of the molecule is CC(C)C(CNC(=O)c1ccc(NCc2ccncc2)cc1)N1CCCC1. The number of amides is 1. The third-order valence-electron chi connectivity index (χ3n) is 5.24. The number of aromatic nitrogens is 1. The Balaban J connectivity index is 1.50. The van der Waals surface area contributed by atoms with Crippen molar-refractivity contribution in [2.45, 2.75) is 39.3 Å².